The lowest BCUT2D eigenvalue weighted by molar-refractivity contribution is 0.0972. The van der Waals surface area contributed by atoms with Crippen LogP contribution in [-0.4, -0.2) is 35.0 Å². The Kier molecular flexibility index (Phi) is 3.17. The van der Waals surface area contributed by atoms with Crippen LogP contribution in [0.15, 0.2) is 53.4 Å². The van der Waals surface area contributed by atoms with Crippen LogP contribution in [0.25, 0.3) is 5.69 Å². The largest absolute Gasteiger partial charge is 0.287 e. The summed E-state index contributed by atoms with van der Waals surface area (Å²) in [6.07, 6.45) is 0. The van der Waals surface area contributed by atoms with E-state index in [0.717, 1.165) is 0 Å². The third kappa shape index (κ3) is 2.29. The van der Waals surface area contributed by atoms with E-state index in [1.807, 2.05) is 0 Å². The van der Waals surface area contributed by atoms with Gasteiger partial charge in [0.15, 0.2) is 5.69 Å². The Morgan fingerprint density at radius 3 is 2.08 bits per heavy atom. The van der Waals surface area contributed by atoms with Crippen molar-refractivity contribution >= 4 is 21.6 Å². The third-order valence-electron chi connectivity index (χ3n) is 3.93. The van der Waals surface area contributed by atoms with Gasteiger partial charge in [-0.1, -0.05) is 29.5 Å². The van der Waals surface area contributed by atoms with Gasteiger partial charge in [0.05, 0.1) is 10.6 Å². The predicted octanol–water partition coefficient (Wildman–Crippen LogP) is 0.690. The molecule has 124 valence electrons. The van der Waals surface area contributed by atoms with Crippen molar-refractivity contribution in [2.24, 2.45) is 5.14 Å². The van der Waals surface area contributed by atoms with E-state index in [4.69, 9.17) is 5.14 Å². The fourth-order valence-electron chi connectivity index (χ4n) is 2.73. The van der Waals surface area contributed by atoms with E-state index in [0.29, 0.717) is 5.69 Å². The van der Waals surface area contributed by atoms with Gasteiger partial charge in [0.1, 0.15) is 5.69 Å². The van der Waals surface area contributed by atoms with Gasteiger partial charge >= 0.3 is 0 Å². The average Bonchev–Trinajstić information content (AvgIpc) is 3.04. The fourth-order valence-corrected chi connectivity index (χ4v) is 3.25. The minimum absolute atomic E-state index is 0.0285. The summed E-state index contributed by atoms with van der Waals surface area (Å²) in [7, 11) is -3.83. The molecule has 0 bridgehead atoms. The zero-order chi connectivity index (χ0) is 17.8. The lowest BCUT2D eigenvalue weighted by atomic mass is 9.90. The van der Waals surface area contributed by atoms with Gasteiger partial charge in [-0.15, -0.1) is 5.10 Å². The summed E-state index contributed by atoms with van der Waals surface area (Å²) in [5.74, 6) is -0.747. The number of hydrogen-bond donors (Lipinski definition) is 1. The summed E-state index contributed by atoms with van der Waals surface area (Å²) in [6, 6.07) is 11.9. The predicted molar refractivity (Wildman–Crippen MR) is 86.0 cm³/mol. The highest BCUT2D eigenvalue weighted by molar-refractivity contribution is 7.89. The van der Waals surface area contributed by atoms with Gasteiger partial charge in [-0.2, -0.15) is 0 Å². The molecule has 25 heavy (non-hydrogen) atoms. The van der Waals surface area contributed by atoms with Crippen molar-refractivity contribution in [3.63, 3.8) is 0 Å². The minimum atomic E-state index is -3.83. The molecular weight excluding hydrogens is 344 g/mol. The summed E-state index contributed by atoms with van der Waals surface area (Å²) in [5.41, 5.74) is 0.981. The summed E-state index contributed by atoms with van der Waals surface area (Å²) < 4.78 is 23.9. The summed E-state index contributed by atoms with van der Waals surface area (Å²) in [6.45, 7) is 0. The van der Waals surface area contributed by atoms with Crippen LogP contribution >= 0.6 is 0 Å². The maximum Gasteiger partial charge on any atom is 0.238 e. The monoisotopic (exact) mass is 354 g/mol. The molecule has 8 nitrogen and oxygen atoms in total. The number of rotatable bonds is 2. The van der Waals surface area contributed by atoms with E-state index in [2.05, 4.69) is 10.3 Å². The number of hydrogen-bond acceptors (Lipinski definition) is 6. The molecule has 0 amide bonds. The molecule has 1 heterocycles. The number of aromatic nitrogens is 3. The second-order valence-corrected chi connectivity index (χ2v) is 7.00. The molecule has 0 saturated heterocycles. The minimum Gasteiger partial charge on any atom is -0.287 e. The Labute approximate surface area is 141 Å². The van der Waals surface area contributed by atoms with Gasteiger partial charge < -0.3 is 0 Å². The first-order valence-electron chi connectivity index (χ1n) is 7.15. The zero-order valence-corrected chi connectivity index (χ0v) is 13.4. The second-order valence-electron chi connectivity index (χ2n) is 5.44. The van der Waals surface area contributed by atoms with E-state index < -0.39 is 10.0 Å². The van der Waals surface area contributed by atoms with Gasteiger partial charge in [0.2, 0.25) is 21.6 Å². The summed E-state index contributed by atoms with van der Waals surface area (Å²) in [5, 5.41) is 12.8. The molecular formula is C16H10N4O4S. The van der Waals surface area contributed by atoms with Crippen LogP contribution in [0, 0.1) is 0 Å². The Hall–Kier alpha value is -3.17. The van der Waals surface area contributed by atoms with E-state index in [-0.39, 0.29) is 39.0 Å². The number of carbonyl (C=O) groups excluding carboxylic acids is 2. The van der Waals surface area contributed by atoms with Gasteiger partial charge in [-0.25, -0.2) is 18.2 Å². The number of fused-ring (bicyclic) bond motifs is 2. The molecule has 0 aliphatic heterocycles. The maximum atomic E-state index is 12.8. The fraction of sp³-hybridized carbons (Fsp3) is 0. The molecule has 0 spiro atoms. The number of sulfonamides is 1. The number of ketones is 2. The lowest BCUT2D eigenvalue weighted by Gasteiger charge is -2.14. The van der Waals surface area contributed by atoms with Crippen molar-refractivity contribution in [2.45, 2.75) is 4.90 Å². The smallest absolute Gasteiger partial charge is 0.238 e. The molecule has 1 aromatic heterocycles. The molecule has 9 heteroatoms. The van der Waals surface area contributed by atoms with Crippen molar-refractivity contribution in [3.05, 3.63) is 71.0 Å². The quantitative estimate of drug-likeness (QED) is 0.564. The van der Waals surface area contributed by atoms with Crippen LogP contribution in [0.2, 0.25) is 0 Å². The number of benzene rings is 2. The van der Waals surface area contributed by atoms with Crippen molar-refractivity contribution in [3.8, 4) is 5.69 Å². The van der Waals surface area contributed by atoms with E-state index in [1.54, 1.807) is 24.3 Å². The van der Waals surface area contributed by atoms with Crippen LogP contribution in [0.4, 0.5) is 0 Å². The molecule has 0 saturated carbocycles. The molecule has 0 unspecified atom stereocenters. The van der Waals surface area contributed by atoms with Gasteiger partial charge in [0.25, 0.3) is 0 Å². The standard InChI is InChI=1S/C16H10N4O4S/c17-25(23,24)10-7-5-9(6-8-10)20-14-13(18-19-20)15(21)11-3-1-2-4-12(11)16(14)22/h1-8H,(H2,17,23,24). The molecule has 1 aliphatic rings. The molecule has 0 radical (unpaired) electrons. The summed E-state index contributed by atoms with van der Waals surface area (Å²) >= 11 is 0. The number of nitrogens with zero attached hydrogens (tertiary/aromatic N) is 3. The van der Waals surface area contributed by atoms with Gasteiger partial charge in [-0.05, 0) is 24.3 Å². The van der Waals surface area contributed by atoms with E-state index in [1.165, 1.54) is 28.9 Å². The Morgan fingerprint density at radius 1 is 0.880 bits per heavy atom. The van der Waals surface area contributed by atoms with Crippen LogP contribution in [-0.2, 0) is 10.0 Å². The summed E-state index contributed by atoms with van der Waals surface area (Å²) in [4.78, 5) is 25.2. The Balaban J connectivity index is 1.87. The number of primary sulfonamides is 1. The topological polar surface area (TPSA) is 125 Å². The first-order valence-corrected chi connectivity index (χ1v) is 8.70. The highest BCUT2D eigenvalue weighted by atomic mass is 32.2. The van der Waals surface area contributed by atoms with Crippen molar-refractivity contribution in [1.29, 1.82) is 0 Å². The molecule has 2 N–H and O–H groups in total. The SMILES string of the molecule is NS(=O)(=O)c1ccc(-n2nnc3c2C(=O)c2ccccc2C3=O)cc1. The molecule has 0 fully saturated rings. The van der Waals surface area contributed by atoms with Crippen LogP contribution < -0.4 is 5.14 Å². The molecule has 4 rings (SSSR count). The lowest BCUT2D eigenvalue weighted by Crippen LogP contribution is -2.23. The maximum absolute atomic E-state index is 12.8. The first kappa shape index (κ1) is 15.4. The normalized spacial score (nSPS) is 13.5. The van der Waals surface area contributed by atoms with E-state index in [9.17, 15) is 18.0 Å². The zero-order valence-electron chi connectivity index (χ0n) is 12.6. The number of nitrogens with two attached hydrogens (primary N) is 1. The third-order valence-corrected chi connectivity index (χ3v) is 4.86. The van der Waals surface area contributed by atoms with Gasteiger partial charge in [0, 0.05) is 11.1 Å². The van der Waals surface area contributed by atoms with Crippen LogP contribution in [0.3, 0.4) is 0 Å². The highest BCUT2D eigenvalue weighted by Gasteiger charge is 2.35. The van der Waals surface area contributed by atoms with Crippen molar-refractivity contribution in [2.75, 3.05) is 0 Å². The van der Waals surface area contributed by atoms with Crippen molar-refractivity contribution in [1.82, 2.24) is 15.0 Å². The van der Waals surface area contributed by atoms with Gasteiger partial charge in [-0.3, -0.25) is 9.59 Å². The highest BCUT2D eigenvalue weighted by Crippen LogP contribution is 2.27. The van der Waals surface area contributed by atoms with Crippen LogP contribution in [0.5, 0.6) is 0 Å². The molecule has 0 atom stereocenters. The molecule has 3 aromatic rings. The Bertz CT molecular complexity index is 1150. The molecule has 2 aromatic carbocycles. The molecule has 1 aliphatic carbocycles. The first-order chi connectivity index (χ1) is 11.9. The second kappa shape index (κ2) is 5.16. The van der Waals surface area contributed by atoms with Crippen molar-refractivity contribution < 1.29 is 18.0 Å². The Morgan fingerprint density at radius 2 is 1.48 bits per heavy atom. The van der Waals surface area contributed by atoms with E-state index >= 15 is 0 Å². The average molecular weight is 354 g/mol. The number of carbonyl (C=O) groups is 2. The van der Waals surface area contributed by atoms with Crippen LogP contribution in [0.1, 0.15) is 32.1 Å².